The molecule has 0 aliphatic heterocycles. The van der Waals surface area contributed by atoms with E-state index in [2.05, 4.69) is 19.9 Å². The molecule has 0 aliphatic carbocycles. The van der Waals surface area contributed by atoms with E-state index in [1.165, 1.54) is 6.07 Å². The molecule has 0 bridgehead atoms. The molecule has 2 aromatic carbocycles. The highest BCUT2D eigenvalue weighted by Gasteiger charge is 2.18. The van der Waals surface area contributed by atoms with Gasteiger partial charge in [-0.05, 0) is 48.9 Å². The van der Waals surface area contributed by atoms with Crippen LogP contribution < -0.4 is 9.46 Å². The van der Waals surface area contributed by atoms with E-state index in [0.717, 1.165) is 16.5 Å². The number of aromatic nitrogens is 3. The summed E-state index contributed by atoms with van der Waals surface area (Å²) in [5.41, 5.74) is 3.50. The summed E-state index contributed by atoms with van der Waals surface area (Å²) in [6.07, 6.45) is 3.32. The van der Waals surface area contributed by atoms with E-state index in [1.807, 2.05) is 19.1 Å². The topological polar surface area (TPSA) is 97.0 Å². The van der Waals surface area contributed by atoms with E-state index >= 15 is 0 Å². The lowest BCUT2D eigenvalue weighted by atomic mass is 10.1. The van der Waals surface area contributed by atoms with Gasteiger partial charge in [0.15, 0.2) is 5.65 Å². The molecule has 0 saturated carbocycles. The average molecular weight is 394 g/mol. The number of rotatable bonds is 5. The first-order valence-corrected chi connectivity index (χ1v) is 10.0. The SMILES string of the molecule is COc1ccc(S(=O)(=O)Nc2cccc(C)c2)cc1-c1cnc2[nH]ncc2c1. The van der Waals surface area contributed by atoms with Gasteiger partial charge < -0.3 is 4.74 Å². The molecular weight excluding hydrogens is 376 g/mol. The molecule has 4 rings (SSSR count). The maximum absolute atomic E-state index is 12.9. The Kier molecular flexibility index (Phi) is 4.48. The second-order valence-electron chi connectivity index (χ2n) is 6.37. The summed E-state index contributed by atoms with van der Waals surface area (Å²) in [6.45, 7) is 1.91. The summed E-state index contributed by atoms with van der Waals surface area (Å²) in [4.78, 5) is 4.46. The number of anilines is 1. The number of aryl methyl sites for hydroxylation is 1. The van der Waals surface area contributed by atoms with Crippen LogP contribution in [0.1, 0.15) is 5.56 Å². The molecule has 8 heteroatoms. The first-order valence-electron chi connectivity index (χ1n) is 8.53. The van der Waals surface area contributed by atoms with Gasteiger partial charge in [-0.15, -0.1) is 0 Å². The highest BCUT2D eigenvalue weighted by molar-refractivity contribution is 7.92. The number of nitrogens with zero attached hydrogens (tertiary/aromatic N) is 2. The number of fused-ring (bicyclic) bond motifs is 1. The maximum atomic E-state index is 12.9. The smallest absolute Gasteiger partial charge is 0.261 e. The Morgan fingerprint density at radius 1 is 1.07 bits per heavy atom. The predicted molar refractivity (Wildman–Crippen MR) is 108 cm³/mol. The number of aromatic amines is 1. The molecule has 0 amide bonds. The van der Waals surface area contributed by atoms with Crippen LogP contribution in [0.2, 0.25) is 0 Å². The minimum absolute atomic E-state index is 0.136. The third kappa shape index (κ3) is 3.41. The Morgan fingerprint density at radius 2 is 1.93 bits per heavy atom. The zero-order valence-corrected chi connectivity index (χ0v) is 16.1. The summed E-state index contributed by atoms with van der Waals surface area (Å²) in [5.74, 6) is 0.555. The lowest BCUT2D eigenvalue weighted by Crippen LogP contribution is -2.13. The molecule has 2 aromatic heterocycles. The molecule has 0 spiro atoms. The van der Waals surface area contributed by atoms with Gasteiger partial charge in [-0.25, -0.2) is 13.4 Å². The molecule has 0 saturated heterocycles. The summed E-state index contributed by atoms with van der Waals surface area (Å²) < 4.78 is 33.8. The van der Waals surface area contributed by atoms with Gasteiger partial charge in [0.05, 0.1) is 18.2 Å². The number of ether oxygens (including phenoxy) is 1. The Balaban J connectivity index is 1.77. The molecule has 0 unspecified atom stereocenters. The highest BCUT2D eigenvalue weighted by Crippen LogP contribution is 2.33. The first kappa shape index (κ1) is 18.0. The van der Waals surface area contributed by atoms with Crippen molar-refractivity contribution in [1.29, 1.82) is 0 Å². The number of pyridine rings is 1. The third-order valence-corrected chi connectivity index (χ3v) is 5.73. The van der Waals surface area contributed by atoms with Gasteiger partial charge in [-0.1, -0.05) is 12.1 Å². The molecule has 4 aromatic rings. The van der Waals surface area contributed by atoms with Crippen LogP contribution in [0.25, 0.3) is 22.2 Å². The summed E-state index contributed by atoms with van der Waals surface area (Å²) >= 11 is 0. The molecular formula is C20H18N4O3S. The van der Waals surface area contributed by atoms with E-state index in [-0.39, 0.29) is 4.90 Å². The number of hydrogen-bond acceptors (Lipinski definition) is 5. The van der Waals surface area contributed by atoms with Crippen molar-refractivity contribution in [3.8, 4) is 16.9 Å². The van der Waals surface area contributed by atoms with Crippen LogP contribution in [0.3, 0.4) is 0 Å². The number of hydrogen-bond donors (Lipinski definition) is 2. The van der Waals surface area contributed by atoms with Gasteiger partial charge in [0, 0.05) is 28.4 Å². The van der Waals surface area contributed by atoms with Gasteiger partial charge in [-0.2, -0.15) is 5.10 Å². The third-order valence-electron chi connectivity index (χ3n) is 4.35. The minimum atomic E-state index is -3.76. The fourth-order valence-corrected chi connectivity index (χ4v) is 4.06. The second-order valence-corrected chi connectivity index (χ2v) is 8.05. The van der Waals surface area contributed by atoms with E-state index in [4.69, 9.17) is 4.74 Å². The fraction of sp³-hybridized carbons (Fsp3) is 0.100. The molecule has 0 aliphatic rings. The van der Waals surface area contributed by atoms with Crippen LogP contribution in [0.5, 0.6) is 5.75 Å². The number of H-pyrrole nitrogens is 1. The van der Waals surface area contributed by atoms with Crippen molar-refractivity contribution in [3.63, 3.8) is 0 Å². The zero-order chi connectivity index (χ0) is 19.7. The standard InChI is InChI=1S/C20H18N4O3S/c1-13-4-3-5-16(8-13)24-28(25,26)17-6-7-19(27-2)18(10-17)14-9-15-12-22-23-20(15)21-11-14/h3-12,24H,1-2H3,(H,21,22,23). The van der Waals surface area contributed by atoms with E-state index < -0.39 is 10.0 Å². The van der Waals surface area contributed by atoms with Crippen molar-refractivity contribution in [2.75, 3.05) is 11.8 Å². The number of nitrogens with one attached hydrogen (secondary N) is 2. The normalized spacial score (nSPS) is 11.5. The van der Waals surface area contributed by atoms with Crippen molar-refractivity contribution in [1.82, 2.24) is 15.2 Å². The van der Waals surface area contributed by atoms with Gasteiger partial charge in [0.2, 0.25) is 0 Å². The van der Waals surface area contributed by atoms with Crippen molar-refractivity contribution >= 4 is 26.7 Å². The van der Waals surface area contributed by atoms with Crippen LogP contribution >= 0.6 is 0 Å². The molecule has 0 radical (unpaired) electrons. The van der Waals surface area contributed by atoms with E-state index in [0.29, 0.717) is 22.6 Å². The van der Waals surface area contributed by atoms with Gasteiger partial charge >= 0.3 is 0 Å². The van der Waals surface area contributed by atoms with E-state index in [1.54, 1.807) is 49.8 Å². The van der Waals surface area contributed by atoms with Crippen LogP contribution in [0, 0.1) is 6.92 Å². The number of benzene rings is 2. The van der Waals surface area contributed by atoms with Crippen molar-refractivity contribution in [2.45, 2.75) is 11.8 Å². The van der Waals surface area contributed by atoms with Crippen molar-refractivity contribution in [2.24, 2.45) is 0 Å². The summed E-state index contributed by atoms with van der Waals surface area (Å²) in [5, 5.41) is 7.59. The second kappa shape index (κ2) is 6.97. The Bertz CT molecular complexity index is 1270. The molecule has 0 atom stereocenters. The van der Waals surface area contributed by atoms with Gasteiger partial charge in [0.1, 0.15) is 5.75 Å². The monoisotopic (exact) mass is 394 g/mol. The minimum Gasteiger partial charge on any atom is -0.496 e. The van der Waals surface area contributed by atoms with Crippen LogP contribution in [-0.2, 0) is 10.0 Å². The number of methoxy groups -OCH3 is 1. The fourth-order valence-electron chi connectivity index (χ4n) is 2.99. The Morgan fingerprint density at radius 3 is 2.71 bits per heavy atom. The average Bonchev–Trinajstić information content (AvgIpc) is 3.15. The molecule has 2 heterocycles. The van der Waals surface area contributed by atoms with Crippen LogP contribution in [-0.4, -0.2) is 30.7 Å². The van der Waals surface area contributed by atoms with Crippen LogP contribution in [0.15, 0.2) is 65.8 Å². The lowest BCUT2D eigenvalue weighted by molar-refractivity contribution is 0.416. The Hall–Kier alpha value is -3.39. The molecule has 142 valence electrons. The molecule has 2 N–H and O–H groups in total. The lowest BCUT2D eigenvalue weighted by Gasteiger charge is -2.13. The largest absolute Gasteiger partial charge is 0.496 e. The maximum Gasteiger partial charge on any atom is 0.261 e. The zero-order valence-electron chi connectivity index (χ0n) is 15.3. The highest BCUT2D eigenvalue weighted by atomic mass is 32.2. The quantitative estimate of drug-likeness (QED) is 0.537. The molecule has 0 fully saturated rings. The summed E-state index contributed by atoms with van der Waals surface area (Å²) in [7, 11) is -2.22. The van der Waals surface area contributed by atoms with Crippen LogP contribution in [0.4, 0.5) is 5.69 Å². The van der Waals surface area contributed by atoms with Gasteiger partial charge in [-0.3, -0.25) is 9.82 Å². The Labute approximate surface area is 162 Å². The van der Waals surface area contributed by atoms with Crippen molar-refractivity contribution < 1.29 is 13.2 Å². The number of sulfonamides is 1. The molecule has 28 heavy (non-hydrogen) atoms. The predicted octanol–water partition coefficient (Wildman–Crippen LogP) is 3.74. The van der Waals surface area contributed by atoms with Gasteiger partial charge in [0.25, 0.3) is 10.0 Å². The van der Waals surface area contributed by atoms with E-state index in [9.17, 15) is 8.42 Å². The first-order chi connectivity index (χ1) is 13.5. The molecule has 7 nitrogen and oxygen atoms in total. The van der Waals surface area contributed by atoms with Crippen molar-refractivity contribution in [3.05, 3.63) is 66.5 Å². The summed E-state index contributed by atoms with van der Waals surface area (Å²) in [6, 6.07) is 13.8.